The summed E-state index contributed by atoms with van der Waals surface area (Å²) in [6.45, 7) is 4.67. The van der Waals surface area contributed by atoms with Gasteiger partial charge >= 0.3 is 5.97 Å². The van der Waals surface area contributed by atoms with E-state index in [1.165, 1.54) is 20.0 Å². The summed E-state index contributed by atoms with van der Waals surface area (Å²) in [7, 11) is 0. The van der Waals surface area contributed by atoms with Crippen LogP contribution in [0.1, 0.15) is 54.6 Å². The highest BCUT2D eigenvalue weighted by molar-refractivity contribution is 6.08. The highest BCUT2D eigenvalue weighted by Gasteiger charge is 2.39. The van der Waals surface area contributed by atoms with Gasteiger partial charge in [-0.25, -0.2) is 18.0 Å². The molecule has 0 aromatic heterocycles. The molecule has 2 aromatic rings. The number of aliphatic carboxylic acids is 1. The minimum atomic E-state index is -1.61. The van der Waals surface area contributed by atoms with Crippen molar-refractivity contribution < 1.29 is 23.1 Å². The third kappa shape index (κ3) is 5.39. The van der Waals surface area contributed by atoms with Crippen LogP contribution in [0.25, 0.3) is 11.6 Å². The number of hydrogen-bond donors (Lipinski definition) is 3. The van der Waals surface area contributed by atoms with E-state index in [0.29, 0.717) is 23.1 Å². The van der Waals surface area contributed by atoms with Crippen LogP contribution in [0.2, 0.25) is 0 Å². The molecule has 0 spiro atoms. The molecule has 1 aliphatic heterocycles. The van der Waals surface area contributed by atoms with Crippen molar-refractivity contribution in [3.05, 3.63) is 82.1 Å². The number of alkyl halides is 1. The van der Waals surface area contributed by atoms with E-state index in [2.05, 4.69) is 0 Å². The number of nitrogens with one attached hydrogen (secondary N) is 1. The van der Waals surface area contributed by atoms with Gasteiger partial charge in [0.25, 0.3) is 0 Å². The molecule has 0 saturated heterocycles. The summed E-state index contributed by atoms with van der Waals surface area (Å²) >= 11 is 0. The quantitative estimate of drug-likeness (QED) is 0.387. The summed E-state index contributed by atoms with van der Waals surface area (Å²) in [6.07, 6.45) is 4.89. The second-order valence-corrected chi connectivity index (χ2v) is 9.10. The largest absolute Gasteiger partial charge is 0.478 e. The lowest BCUT2D eigenvalue weighted by molar-refractivity contribution is -0.131. The SMILES string of the molecule is CC1Cc2cc(/C(C=N)=C/N)ccc2C(c2c(F)cc(/C=C/C(=O)O)cc2F)N1CC(C)(C)F. The van der Waals surface area contributed by atoms with E-state index in [1.54, 1.807) is 17.0 Å². The molecule has 180 valence electrons. The molecule has 5 nitrogen and oxygen atoms in total. The Balaban J connectivity index is 2.21. The summed E-state index contributed by atoms with van der Waals surface area (Å²) in [5, 5.41) is 16.4. The molecule has 0 bridgehead atoms. The topological polar surface area (TPSA) is 90.4 Å². The van der Waals surface area contributed by atoms with E-state index < -0.39 is 29.3 Å². The van der Waals surface area contributed by atoms with E-state index in [9.17, 15) is 9.18 Å². The van der Waals surface area contributed by atoms with Gasteiger partial charge in [0.2, 0.25) is 0 Å². The lowest BCUT2D eigenvalue weighted by Gasteiger charge is -2.44. The van der Waals surface area contributed by atoms with Gasteiger partial charge in [-0.05, 0) is 67.7 Å². The second-order valence-electron chi connectivity index (χ2n) is 9.10. The molecule has 2 unspecified atom stereocenters. The van der Waals surface area contributed by atoms with Gasteiger partial charge in [-0.2, -0.15) is 0 Å². The predicted molar refractivity (Wildman–Crippen MR) is 127 cm³/mol. The molecule has 3 rings (SSSR count). The number of allylic oxidation sites excluding steroid dienone is 1. The van der Waals surface area contributed by atoms with Crippen molar-refractivity contribution in [2.45, 2.75) is 44.9 Å². The lowest BCUT2D eigenvalue weighted by Crippen LogP contribution is -2.48. The number of carboxylic acid groups (broad SMARTS) is 1. The average Bonchev–Trinajstić information content (AvgIpc) is 2.73. The molecule has 4 N–H and O–H groups in total. The Bertz CT molecular complexity index is 1150. The maximum Gasteiger partial charge on any atom is 0.328 e. The van der Waals surface area contributed by atoms with Gasteiger partial charge < -0.3 is 16.2 Å². The van der Waals surface area contributed by atoms with Crippen molar-refractivity contribution in [3.63, 3.8) is 0 Å². The van der Waals surface area contributed by atoms with Crippen LogP contribution in [0.3, 0.4) is 0 Å². The number of carboxylic acids is 1. The highest BCUT2D eigenvalue weighted by Crippen LogP contribution is 2.42. The first-order chi connectivity index (χ1) is 15.9. The number of halogens is 3. The Kier molecular flexibility index (Phi) is 7.31. The molecular weight excluding hydrogens is 443 g/mol. The monoisotopic (exact) mass is 471 g/mol. The number of benzene rings is 2. The predicted octanol–water partition coefficient (Wildman–Crippen LogP) is 5.10. The first kappa shape index (κ1) is 25.2. The minimum Gasteiger partial charge on any atom is -0.478 e. The van der Waals surface area contributed by atoms with Gasteiger partial charge in [0.1, 0.15) is 17.3 Å². The Morgan fingerprint density at radius 1 is 1.26 bits per heavy atom. The molecule has 34 heavy (non-hydrogen) atoms. The average molecular weight is 472 g/mol. The van der Waals surface area contributed by atoms with Crippen LogP contribution in [0, 0.1) is 17.0 Å². The van der Waals surface area contributed by atoms with Crippen molar-refractivity contribution in [2.75, 3.05) is 6.54 Å². The summed E-state index contributed by atoms with van der Waals surface area (Å²) in [5.41, 5.74) is 6.53. The van der Waals surface area contributed by atoms with Gasteiger partial charge in [-0.1, -0.05) is 18.2 Å². The number of nitrogens with zero attached hydrogens (tertiary/aromatic N) is 1. The van der Waals surface area contributed by atoms with Crippen LogP contribution in [-0.4, -0.2) is 40.4 Å². The zero-order valence-electron chi connectivity index (χ0n) is 19.3. The number of nitrogens with two attached hydrogens (primary N) is 1. The Hall–Kier alpha value is -3.39. The third-order valence-corrected chi connectivity index (χ3v) is 5.87. The van der Waals surface area contributed by atoms with Crippen molar-refractivity contribution in [3.8, 4) is 0 Å². The standard InChI is InChI=1S/C26H28F3N3O2/c1-15-8-18-11-17(19(12-30)13-31)5-6-20(18)25(32(15)14-26(2,3)29)24-21(27)9-16(10-22(24)28)4-7-23(33)34/h4-7,9-13,15,25,30H,8,14,31H2,1-3H3,(H,33,34)/b7-4+,19-13+,30-12?. The Labute approximate surface area is 196 Å². The lowest BCUT2D eigenvalue weighted by atomic mass is 9.82. The molecule has 1 aliphatic rings. The molecule has 2 aromatic carbocycles. The van der Waals surface area contributed by atoms with Crippen LogP contribution in [0.4, 0.5) is 13.2 Å². The summed E-state index contributed by atoms with van der Waals surface area (Å²) in [6, 6.07) is 6.33. The summed E-state index contributed by atoms with van der Waals surface area (Å²) < 4.78 is 45.5. The fourth-order valence-electron chi connectivity index (χ4n) is 4.46. The maximum absolute atomic E-state index is 15.4. The zero-order chi connectivity index (χ0) is 25.2. The Morgan fingerprint density at radius 2 is 1.91 bits per heavy atom. The van der Waals surface area contributed by atoms with E-state index in [-0.39, 0.29) is 23.7 Å². The molecule has 0 aliphatic carbocycles. The van der Waals surface area contributed by atoms with Crippen LogP contribution >= 0.6 is 0 Å². The van der Waals surface area contributed by atoms with Crippen molar-refractivity contribution in [2.24, 2.45) is 5.73 Å². The smallest absolute Gasteiger partial charge is 0.328 e. The fraction of sp³-hybridized carbons (Fsp3) is 0.308. The van der Waals surface area contributed by atoms with Gasteiger partial charge in [0.05, 0.1) is 6.04 Å². The minimum absolute atomic E-state index is 0.0476. The van der Waals surface area contributed by atoms with Gasteiger partial charge in [0.15, 0.2) is 0 Å². The van der Waals surface area contributed by atoms with E-state index in [1.807, 2.05) is 13.0 Å². The van der Waals surface area contributed by atoms with E-state index in [0.717, 1.165) is 36.1 Å². The molecular formula is C26H28F3N3O2. The van der Waals surface area contributed by atoms with Crippen molar-refractivity contribution in [1.82, 2.24) is 4.90 Å². The van der Waals surface area contributed by atoms with Crippen LogP contribution in [0.5, 0.6) is 0 Å². The van der Waals surface area contributed by atoms with E-state index in [4.69, 9.17) is 16.2 Å². The molecule has 8 heteroatoms. The van der Waals surface area contributed by atoms with Crippen molar-refractivity contribution in [1.29, 1.82) is 5.41 Å². The molecule has 0 amide bonds. The Morgan fingerprint density at radius 3 is 2.44 bits per heavy atom. The number of fused-ring (bicyclic) bond motifs is 1. The van der Waals surface area contributed by atoms with Gasteiger partial charge in [-0.3, -0.25) is 4.90 Å². The van der Waals surface area contributed by atoms with Crippen LogP contribution in [-0.2, 0) is 11.2 Å². The van der Waals surface area contributed by atoms with E-state index >= 15 is 8.78 Å². The molecule has 2 atom stereocenters. The molecule has 0 radical (unpaired) electrons. The normalized spacial score (nSPS) is 19.3. The molecule has 0 fully saturated rings. The highest BCUT2D eigenvalue weighted by atomic mass is 19.1. The third-order valence-electron chi connectivity index (χ3n) is 5.87. The number of hydrogen-bond acceptors (Lipinski definition) is 4. The van der Waals surface area contributed by atoms with Crippen molar-refractivity contribution >= 4 is 23.8 Å². The summed E-state index contributed by atoms with van der Waals surface area (Å²) in [5.74, 6) is -2.92. The second kappa shape index (κ2) is 9.85. The maximum atomic E-state index is 15.4. The van der Waals surface area contributed by atoms with Gasteiger partial charge in [0, 0.05) is 42.2 Å². The summed E-state index contributed by atoms with van der Waals surface area (Å²) in [4.78, 5) is 12.5. The first-order valence-electron chi connectivity index (χ1n) is 10.9. The van der Waals surface area contributed by atoms with Crippen LogP contribution < -0.4 is 5.73 Å². The fourth-order valence-corrected chi connectivity index (χ4v) is 4.46. The first-order valence-corrected chi connectivity index (χ1v) is 10.9. The molecule has 0 saturated carbocycles. The number of rotatable bonds is 7. The zero-order valence-corrected chi connectivity index (χ0v) is 19.3. The molecule has 1 heterocycles. The van der Waals surface area contributed by atoms with Crippen LogP contribution in [0.15, 0.2) is 42.6 Å². The number of carbonyl (C=O) groups is 1. The van der Waals surface area contributed by atoms with Gasteiger partial charge in [-0.15, -0.1) is 0 Å².